The van der Waals surface area contributed by atoms with Crippen molar-refractivity contribution in [1.82, 2.24) is 5.32 Å². The first-order chi connectivity index (χ1) is 9.58. The predicted octanol–water partition coefficient (Wildman–Crippen LogP) is 4.10. The molecule has 2 nitrogen and oxygen atoms in total. The summed E-state index contributed by atoms with van der Waals surface area (Å²) in [6.45, 7) is 1.75. The van der Waals surface area contributed by atoms with Gasteiger partial charge in [0.25, 0.3) is 0 Å². The number of halogens is 2. The molecule has 0 saturated heterocycles. The van der Waals surface area contributed by atoms with Crippen LogP contribution in [-0.2, 0) is 0 Å². The number of nitrogens with one attached hydrogen (secondary N) is 1. The van der Waals surface area contributed by atoms with Crippen LogP contribution in [0.5, 0.6) is 5.75 Å². The number of hydrogen-bond donors (Lipinski definition) is 1. The van der Waals surface area contributed by atoms with E-state index in [1.165, 1.54) is 0 Å². The lowest BCUT2D eigenvalue weighted by Crippen LogP contribution is -2.19. The summed E-state index contributed by atoms with van der Waals surface area (Å²) >= 11 is 6.28. The van der Waals surface area contributed by atoms with Gasteiger partial charge < -0.3 is 10.1 Å². The van der Waals surface area contributed by atoms with Crippen LogP contribution in [-0.4, -0.2) is 14.2 Å². The summed E-state index contributed by atoms with van der Waals surface area (Å²) in [5, 5.41) is 3.66. The fraction of sp³-hybridized carbons (Fsp3) is 0.250. The first-order valence-corrected chi connectivity index (χ1v) is 6.72. The molecule has 0 fully saturated rings. The average Bonchev–Trinajstić information content (AvgIpc) is 2.45. The molecule has 1 N–H and O–H groups in total. The molecule has 20 heavy (non-hydrogen) atoms. The summed E-state index contributed by atoms with van der Waals surface area (Å²) in [5.41, 5.74) is 2.02. The summed E-state index contributed by atoms with van der Waals surface area (Å²) in [4.78, 5) is 0. The smallest absolute Gasteiger partial charge is 0.131 e. The lowest BCUT2D eigenvalue weighted by Gasteiger charge is -2.20. The van der Waals surface area contributed by atoms with Crippen LogP contribution in [0, 0.1) is 12.7 Å². The molecule has 0 aliphatic heterocycles. The number of benzene rings is 2. The second-order valence-electron chi connectivity index (χ2n) is 4.59. The monoisotopic (exact) mass is 293 g/mol. The van der Waals surface area contributed by atoms with Gasteiger partial charge in [0, 0.05) is 10.6 Å². The molecule has 2 aromatic rings. The van der Waals surface area contributed by atoms with Crippen LogP contribution in [0.4, 0.5) is 4.39 Å². The van der Waals surface area contributed by atoms with E-state index in [1.54, 1.807) is 39.3 Å². The molecular formula is C16H17ClFNO. The predicted molar refractivity (Wildman–Crippen MR) is 80.0 cm³/mol. The second-order valence-corrected chi connectivity index (χ2v) is 4.99. The number of rotatable bonds is 4. The molecule has 4 heteroatoms. The van der Waals surface area contributed by atoms with Gasteiger partial charge in [-0.3, -0.25) is 0 Å². The molecular weight excluding hydrogens is 277 g/mol. The Labute approximate surface area is 123 Å². The van der Waals surface area contributed by atoms with Crippen LogP contribution in [0.15, 0.2) is 36.4 Å². The van der Waals surface area contributed by atoms with E-state index in [0.717, 1.165) is 5.56 Å². The highest BCUT2D eigenvalue weighted by molar-refractivity contribution is 6.31. The van der Waals surface area contributed by atoms with Gasteiger partial charge in [-0.25, -0.2) is 4.39 Å². The summed E-state index contributed by atoms with van der Waals surface area (Å²) in [5.74, 6) is 0.469. The lowest BCUT2D eigenvalue weighted by atomic mass is 9.96. The minimum Gasteiger partial charge on any atom is -0.497 e. The van der Waals surface area contributed by atoms with E-state index < -0.39 is 0 Å². The third kappa shape index (κ3) is 2.79. The van der Waals surface area contributed by atoms with Gasteiger partial charge in [-0.15, -0.1) is 0 Å². The van der Waals surface area contributed by atoms with E-state index in [4.69, 9.17) is 16.3 Å². The van der Waals surface area contributed by atoms with Gasteiger partial charge >= 0.3 is 0 Å². The minimum atomic E-state index is -0.298. The van der Waals surface area contributed by atoms with Gasteiger partial charge in [0.2, 0.25) is 0 Å². The van der Waals surface area contributed by atoms with Crippen molar-refractivity contribution in [3.05, 3.63) is 63.9 Å². The molecule has 2 rings (SSSR count). The average molecular weight is 294 g/mol. The van der Waals surface area contributed by atoms with Crippen LogP contribution in [0.3, 0.4) is 0 Å². The van der Waals surface area contributed by atoms with Crippen LogP contribution >= 0.6 is 11.6 Å². The Balaban J connectivity index is 2.50. The van der Waals surface area contributed by atoms with E-state index in [2.05, 4.69) is 5.32 Å². The molecule has 106 valence electrons. The zero-order chi connectivity index (χ0) is 14.7. The van der Waals surface area contributed by atoms with Crippen molar-refractivity contribution in [3.63, 3.8) is 0 Å². The highest BCUT2D eigenvalue weighted by Crippen LogP contribution is 2.32. The van der Waals surface area contributed by atoms with Crippen molar-refractivity contribution in [2.24, 2.45) is 0 Å². The number of ether oxygens (including phenoxy) is 1. The van der Waals surface area contributed by atoms with Gasteiger partial charge in [-0.05, 0) is 37.2 Å². The van der Waals surface area contributed by atoms with Crippen LogP contribution in [0.25, 0.3) is 0 Å². The van der Waals surface area contributed by atoms with Crippen molar-refractivity contribution >= 4 is 11.6 Å². The number of methoxy groups -OCH3 is 1. The third-order valence-corrected chi connectivity index (χ3v) is 3.67. The molecule has 1 unspecified atom stereocenters. The Bertz CT molecular complexity index is 615. The molecule has 0 saturated carbocycles. The second kappa shape index (κ2) is 6.25. The van der Waals surface area contributed by atoms with Gasteiger partial charge in [-0.2, -0.15) is 0 Å². The summed E-state index contributed by atoms with van der Waals surface area (Å²) in [7, 11) is 3.37. The van der Waals surface area contributed by atoms with Crippen molar-refractivity contribution in [2.75, 3.05) is 14.2 Å². The molecule has 1 atom stereocenters. The van der Waals surface area contributed by atoms with Crippen LogP contribution in [0.1, 0.15) is 22.7 Å². The molecule has 0 aliphatic carbocycles. The van der Waals surface area contributed by atoms with Crippen molar-refractivity contribution < 1.29 is 9.13 Å². The fourth-order valence-electron chi connectivity index (χ4n) is 2.24. The summed E-state index contributed by atoms with van der Waals surface area (Å²) in [6, 6.07) is 10.5. The van der Waals surface area contributed by atoms with E-state index >= 15 is 0 Å². The van der Waals surface area contributed by atoms with Crippen molar-refractivity contribution in [2.45, 2.75) is 13.0 Å². The Morgan fingerprint density at radius 2 is 1.95 bits per heavy atom. The lowest BCUT2D eigenvalue weighted by molar-refractivity contribution is 0.414. The molecule has 0 aromatic heterocycles. The Morgan fingerprint density at radius 1 is 1.20 bits per heavy atom. The zero-order valence-corrected chi connectivity index (χ0v) is 12.5. The summed E-state index contributed by atoms with van der Waals surface area (Å²) < 4.78 is 19.4. The number of aryl methyl sites for hydroxylation is 1. The topological polar surface area (TPSA) is 21.3 Å². The standard InChI is InChI=1S/C16H17ClFNO/c1-10-5-4-6-13(15(10)18)16(19-2)12-8-7-11(20-3)9-14(12)17/h4-9,16,19H,1-3H3. The van der Waals surface area contributed by atoms with Crippen molar-refractivity contribution in [1.29, 1.82) is 0 Å². The molecule has 0 spiro atoms. The molecule has 0 heterocycles. The first kappa shape index (κ1) is 14.8. The first-order valence-electron chi connectivity index (χ1n) is 6.34. The maximum Gasteiger partial charge on any atom is 0.131 e. The quantitative estimate of drug-likeness (QED) is 0.916. The van der Waals surface area contributed by atoms with Crippen molar-refractivity contribution in [3.8, 4) is 5.75 Å². The Kier molecular flexibility index (Phi) is 4.63. The maximum atomic E-state index is 14.3. The van der Waals surface area contributed by atoms with E-state index in [0.29, 0.717) is 21.9 Å². The third-order valence-electron chi connectivity index (χ3n) is 3.34. The Morgan fingerprint density at radius 3 is 2.55 bits per heavy atom. The minimum absolute atomic E-state index is 0.210. The van der Waals surface area contributed by atoms with Crippen LogP contribution in [0.2, 0.25) is 5.02 Å². The van der Waals surface area contributed by atoms with Gasteiger partial charge in [0.15, 0.2) is 0 Å². The molecule has 0 aliphatic rings. The van der Waals surface area contributed by atoms with Gasteiger partial charge in [0.05, 0.1) is 13.2 Å². The molecule has 2 aromatic carbocycles. The largest absolute Gasteiger partial charge is 0.497 e. The molecule has 0 amide bonds. The highest BCUT2D eigenvalue weighted by Gasteiger charge is 2.19. The zero-order valence-electron chi connectivity index (χ0n) is 11.7. The number of hydrogen-bond acceptors (Lipinski definition) is 2. The summed E-state index contributed by atoms with van der Waals surface area (Å²) in [6.07, 6.45) is 0. The van der Waals surface area contributed by atoms with Gasteiger partial charge in [0.1, 0.15) is 11.6 Å². The van der Waals surface area contributed by atoms with E-state index in [1.807, 2.05) is 18.2 Å². The van der Waals surface area contributed by atoms with Gasteiger partial charge in [-0.1, -0.05) is 35.9 Å². The SMILES string of the molecule is CNC(c1ccc(OC)cc1Cl)c1cccc(C)c1F. The normalized spacial score (nSPS) is 12.2. The highest BCUT2D eigenvalue weighted by atomic mass is 35.5. The van der Waals surface area contributed by atoms with Crippen LogP contribution < -0.4 is 10.1 Å². The van der Waals surface area contributed by atoms with E-state index in [-0.39, 0.29) is 11.9 Å². The fourth-order valence-corrected chi connectivity index (χ4v) is 2.52. The molecule has 0 radical (unpaired) electrons. The van der Waals surface area contributed by atoms with E-state index in [9.17, 15) is 4.39 Å². The Hall–Kier alpha value is -1.58. The molecule has 0 bridgehead atoms. The maximum absolute atomic E-state index is 14.3.